The normalized spacial score (nSPS) is 12.3. The van der Waals surface area contributed by atoms with E-state index in [4.69, 9.17) is 5.73 Å². The number of nitrogens with two attached hydrogens (primary N) is 1. The highest BCUT2D eigenvalue weighted by Gasteiger charge is 2.45. The summed E-state index contributed by atoms with van der Waals surface area (Å²) < 4.78 is 39.7. The Balaban J connectivity index is 2.44. The van der Waals surface area contributed by atoms with Gasteiger partial charge in [0, 0.05) is 0 Å². The van der Waals surface area contributed by atoms with Gasteiger partial charge in [0.2, 0.25) is 11.8 Å². The van der Waals surface area contributed by atoms with Crippen molar-refractivity contribution < 1.29 is 27.6 Å². The molecule has 172 valence electrons. The van der Waals surface area contributed by atoms with Crippen LogP contribution in [0.3, 0.4) is 0 Å². The fraction of sp³-hybridized carbons (Fsp3) is 0.333. The van der Waals surface area contributed by atoms with Gasteiger partial charge in [-0.25, -0.2) is 0 Å². The molecule has 1 aromatic carbocycles. The van der Waals surface area contributed by atoms with Crippen molar-refractivity contribution in [1.82, 2.24) is 9.88 Å². The molecule has 2 amide bonds. The molecule has 4 N–H and O–H groups in total. The van der Waals surface area contributed by atoms with Crippen molar-refractivity contribution in [2.75, 3.05) is 11.9 Å². The summed E-state index contributed by atoms with van der Waals surface area (Å²) in [5.41, 5.74) is 5.18. The number of nitrogens with one attached hydrogen (secondary N) is 2. The number of benzene rings is 1. The van der Waals surface area contributed by atoms with Crippen molar-refractivity contribution in [3.63, 3.8) is 0 Å². The van der Waals surface area contributed by atoms with Crippen LogP contribution in [-0.2, 0) is 20.9 Å². The molecule has 32 heavy (non-hydrogen) atoms. The van der Waals surface area contributed by atoms with Gasteiger partial charge in [-0.1, -0.05) is 44.2 Å². The van der Waals surface area contributed by atoms with Crippen LogP contribution in [0.1, 0.15) is 13.8 Å². The van der Waals surface area contributed by atoms with Gasteiger partial charge < -0.3 is 16.4 Å². The van der Waals surface area contributed by atoms with Gasteiger partial charge in [0.25, 0.3) is 11.3 Å². The van der Waals surface area contributed by atoms with Crippen LogP contribution in [0.4, 0.5) is 18.9 Å². The number of hydrogen-bond acceptors (Lipinski definition) is 5. The number of rotatable bonds is 8. The molecule has 0 saturated carbocycles. The van der Waals surface area contributed by atoms with Gasteiger partial charge in [-0.3, -0.25) is 23.7 Å². The summed E-state index contributed by atoms with van der Waals surface area (Å²) in [6.07, 6.45) is -5.12. The van der Waals surface area contributed by atoms with Gasteiger partial charge in [0.15, 0.2) is 0 Å². The molecule has 8 nitrogen and oxygen atoms in total. The molecule has 0 aliphatic carbocycles. The summed E-state index contributed by atoms with van der Waals surface area (Å²) in [6.45, 7) is 1.66. The molecule has 0 fully saturated rings. The molecule has 0 aliphatic rings. The van der Waals surface area contributed by atoms with Crippen LogP contribution in [-0.4, -0.2) is 40.9 Å². The molecule has 0 spiro atoms. The van der Waals surface area contributed by atoms with Gasteiger partial charge in [-0.15, -0.1) is 0 Å². The summed E-state index contributed by atoms with van der Waals surface area (Å²) in [5.74, 6) is -4.53. The number of nitrogens with zero attached hydrogens (tertiary/aromatic N) is 1. The van der Waals surface area contributed by atoms with Crippen molar-refractivity contribution in [1.29, 1.82) is 0 Å². The minimum Gasteiger partial charge on any atom is -0.344 e. The Kier molecular flexibility index (Phi) is 7.92. The van der Waals surface area contributed by atoms with Crippen molar-refractivity contribution in [3.8, 4) is 11.3 Å². The highest BCUT2D eigenvalue weighted by molar-refractivity contribution is 5.93. The molecular weight excluding hydrogens is 429 g/mol. The van der Waals surface area contributed by atoms with Crippen molar-refractivity contribution >= 4 is 23.3 Å². The van der Waals surface area contributed by atoms with E-state index in [1.165, 1.54) is 26.0 Å². The third kappa shape index (κ3) is 6.03. The van der Waals surface area contributed by atoms with E-state index < -0.39 is 47.8 Å². The smallest absolute Gasteiger partial charge is 0.344 e. The van der Waals surface area contributed by atoms with E-state index in [-0.39, 0.29) is 12.2 Å². The maximum absolute atomic E-state index is 12.9. The van der Waals surface area contributed by atoms with E-state index >= 15 is 0 Å². The second-order valence-electron chi connectivity index (χ2n) is 7.29. The molecule has 1 unspecified atom stereocenters. The Labute approximate surface area is 181 Å². The number of Topliss-reactive ketones (excluding diaryl/α,β-unsaturated/α-hetero) is 1. The Morgan fingerprint density at radius 1 is 1.03 bits per heavy atom. The number of hydrogen-bond donors (Lipinski definition) is 3. The Bertz CT molecular complexity index is 1050. The summed E-state index contributed by atoms with van der Waals surface area (Å²) in [4.78, 5) is 48.8. The number of halogens is 3. The van der Waals surface area contributed by atoms with Crippen LogP contribution in [0.5, 0.6) is 0 Å². The zero-order valence-electron chi connectivity index (χ0n) is 17.4. The molecule has 0 radical (unpaired) electrons. The molecule has 2 aromatic rings. The molecule has 1 atom stereocenters. The highest BCUT2D eigenvalue weighted by atomic mass is 19.4. The summed E-state index contributed by atoms with van der Waals surface area (Å²) in [7, 11) is 0. The number of carbonyl (C=O) groups is 3. The molecule has 11 heteroatoms. The summed E-state index contributed by atoms with van der Waals surface area (Å²) in [5, 5.41) is 4.39. The Morgan fingerprint density at radius 2 is 1.66 bits per heavy atom. The summed E-state index contributed by atoms with van der Waals surface area (Å²) >= 11 is 0. The van der Waals surface area contributed by atoms with Crippen molar-refractivity contribution in [2.24, 2.45) is 11.7 Å². The highest BCUT2D eigenvalue weighted by Crippen LogP contribution is 2.22. The molecule has 0 aliphatic heterocycles. The van der Waals surface area contributed by atoms with E-state index in [9.17, 15) is 32.3 Å². The van der Waals surface area contributed by atoms with Crippen LogP contribution < -0.4 is 21.9 Å². The first-order chi connectivity index (χ1) is 15.0. The topological polar surface area (TPSA) is 123 Å². The largest absolute Gasteiger partial charge is 0.452 e. The maximum Gasteiger partial charge on any atom is 0.452 e. The third-order valence-electron chi connectivity index (χ3n) is 4.55. The zero-order chi connectivity index (χ0) is 24.1. The van der Waals surface area contributed by atoms with Crippen molar-refractivity contribution in [2.45, 2.75) is 32.6 Å². The van der Waals surface area contributed by atoms with Crippen LogP contribution in [0.15, 0.2) is 47.3 Å². The minimum absolute atomic E-state index is 0.153. The lowest BCUT2D eigenvalue weighted by atomic mass is 9.99. The van der Waals surface area contributed by atoms with E-state index in [2.05, 4.69) is 10.6 Å². The standard InChI is InChI=1S/C21H23F3N4O4/c1-12(2)18(19(31)21(22,23)24)27-17(30)11-28-15(13-6-4-3-5-7-13)9-8-14(20(28)32)26-16(29)10-25/h3-9,12,18H,10-11,25H2,1-2H3,(H,26,29)(H,27,30). The lowest BCUT2D eigenvalue weighted by Gasteiger charge is -2.23. The maximum atomic E-state index is 12.9. The molecular formula is C21H23F3N4O4. The van der Waals surface area contributed by atoms with Gasteiger partial charge >= 0.3 is 6.18 Å². The lowest BCUT2D eigenvalue weighted by molar-refractivity contribution is -0.174. The first kappa shape index (κ1) is 24.8. The molecule has 1 aromatic heterocycles. The third-order valence-corrected chi connectivity index (χ3v) is 4.55. The number of ketones is 1. The predicted molar refractivity (Wildman–Crippen MR) is 112 cm³/mol. The lowest BCUT2D eigenvalue weighted by Crippen LogP contribution is -2.50. The fourth-order valence-electron chi connectivity index (χ4n) is 2.97. The SMILES string of the molecule is CC(C)C(NC(=O)Cn1c(-c2ccccc2)ccc(NC(=O)CN)c1=O)C(=O)C(F)(F)F. The molecule has 2 rings (SSSR count). The second kappa shape index (κ2) is 10.2. The van der Waals surface area contributed by atoms with Gasteiger partial charge in [-0.05, 0) is 23.6 Å². The van der Waals surface area contributed by atoms with E-state index in [0.717, 1.165) is 4.57 Å². The number of aromatic nitrogens is 1. The van der Waals surface area contributed by atoms with Gasteiger partial charge in [0.05, 0.1) is 18.3 Å². The van der Waals surface area contributed by atoms with Crippen molar-refractivity contribution in [3.05, 3.63) is 52.8 Å². The molecule has 1 heterocycles. The number of amides is 2. The quantitative estimate of drug-likeness (QED) is 0.563. The van der Waals surface area contributed by atoms with E-state index in [1.807, 2.05) is 0 Å². The second-order valence-corrected chi connectivity index (χ2v) is 7.29. The minimum atomic E-state index is -5.12. The Hall–Kier alpha value is -3.47. The molecule has 0 bridgehead atoms. The number of pyridine rings is 1. The fourth-order valence-corrected chi connectivity index (χ4v) is 2.97. The van der Waals surface area contributed by atoms with Crippen LogP contribution in [0, 0.1) is 5.92 Å². The van der Waals surface area contributed by atoms with E-state index in [1.54, 1.807) is 30.3 Å². The average Bonchev–Trinajstić information content (AvgIpc) is 2.74. The number of anilines is 1. The van der Waals surface area contributed by atoms with Gasteiger partial charge in [0.1, 0.15) is 12.2 Å². The van der Waals surface area contributed by atoms with E-state index in [0.29, 0.717) is 11.3 Å². The van der Waals surface area contributed by atoms with Crippen LogP contribution in [0.2, 0.25) is 0 Å². The number of alkyl halides is 3. The number of carbonyl (C=O) groups excluding carboxylic acids is 3. The monoisotopic (exact) mass is 452 g/mol. The first-order valence-electron chi connectivity index (χ1n) is 9.65. The molecule has 0 saturated heterocycles. The van der Waals surface area contributed by atoms with Gasteiger partial charge in [-0.2, -0.15) is 13.2 Å². The predicted octanol–water partition coefficient (Wildman–Crippen LogP) is 1.68. The first-order valence-corrected chi connectivity index (χ1v) is 9.65. The van der Waals surface area contributed by atoms with Crippen LogP contribution in [0.25, 0.3) is 11.3 Å². The van der Waals surface area contributed by atoms with Crippen LogP contribution >= 0.6 is 0 Å². The average molecular weight is 452 g/mol. The summed E-state index contributed by atoms with van der Waals surface area (Å²) in [6, 6.07) is 9.50. The zero-order valence-corrected chi connectivity index (χ0v) is 17.4. The Morgan fingerprint density at radius 3 is 2.19 bits per heavy atom.